The summed E-state index contributed by atoms with van der Waals surface area (Å²) in [6, 6.07) is 15.9. The predicted octanol–water partition coefficient (Wildman–Crippen LogP) is 2.39. The van der Waals surface area contributed by atoms with E-state index in [2.05, 4.69) is 34.5 Å². The zero-order valence-electron chi connectivity index (χ0n) is 15.0. The molecular formula is C21H24N2O3. The Morgan fingerprint density at radius 1 is 1.15 bits per heavy atom. The molecule has 0 saturated heterocycles. The number of benzene rings is 2. The van der Waals surface area contributed by atoms with Crippen LogP contribution in [0.25, 0.3) is 0 Å². The molecule has 0 bridgehead atoms. The Morgan fingerprint density at radius 3 is 2.73 bits per heavy atom. The van der Waals surface area contributed by atoms with E-state index in [4.69, 9.17) is 9.47 Å². The average Bonchev–Trinajstić information content (AvgIpc) is 2.71. The summed E-state index contributed by atoms with van der Waals surface area (Å²) in [5.74, 6) is 1.53. The van der Waals surface area contributed by atoms with Gasteiger partial charge in [-0.1, -0.05) is 36.4 Å². The Labute approximate surface area is 153 Å². The van der Waals surface area contributed by atoms with E-state index in [1.165, 1.54) is 11.1 Å². The number of nitrogens with zero attached hydrogens (tertiary/aromatic N) is 1. The second-order valence-electron chi connectivity index (χ2n) is 6.91. The molecule has 2 atom stereocenters. The molecule has 0 radical (unpaired) electrons. The Morgan fingerprint density at radius 2 is 1.88 bits per heavy atom. The van der Waals surface area contributed by atoms with Gasteiger partial charge in [0.25, 0.3) is 0 Å². The van der Waals surface area contributed by atoms with Crippen molar-refractivity contribution in [2.24, 2.45) is 0 Å². The van der Waals surface area contributed by atoms with Crippen LogP contribution in [0.4, 0.5) is 0 Å². The predicted molar refractivity (Wildman–Crippen MR) is 99.4 cm³/mol. The van der Waals surface area contributed by atoms with Gasteiger partial charge in [0.15, 0.2) is 11.5 Å². The summed E-state index contributed by atoms with van der Waals surface area (Å²) in [4.78, 5) is 14.8. The lowest BCUT2D eigenvalue weighted by Crippen LogP contribution is -2.49. The van der Waals surface area contributed by atoms with Crippen molar-refractivity contribution in [3.63, 3.8) is 0 Å². The zero-order chi connectivity index (χ0) is 17.9. The van der Waals surface area contributed by atoms with Crippen LogP contribution in [-0.2, 0) is 17.8 Å². The Bertz CT molecular complexity index is 792. The van der Waals surface area contributed by atoms with Gasteiger partial charge in [-0.2, -0.15) is 0 Å². The van der Waals surface area contributed by atoms with Crippen molar-refractivity contribution in [2.75, 3.05) is 19.7 Å². The van der Waals surface area contributed by atoms with Crippen molar-refractivity contribution in [2.45, 2.75) is 32.0 Å². The highest BCUT2D eigenvalue weighted by Gasteiger charge is 2.27. The first-order valence-electron chi connectivity index (χ1n) is 9.18. The van der Waals surface area contributed by atoms with Crippen molar-refractivity contribution < 1.29 is 14.3 Å². The molecule has 2 aromatic rings. The lowest BCUT2D eigenvalue weighted by atomic mass is 9.99. The number of rotatable bonds is 4. The average molecular weight is 352 g/mol. The summed E-state index contributed by atoms with van der Waals surface area (Å²) in [6.45, 7) is 4.59. The van der Waals surface area contributed by atoms with Gasteiger partial charge in [-0.3, -0.25) is 9.69 Å². The zero-order valence-corrected chi connectivity index (χ0v) is 15.0. The fraction of sp³-hybridized carbons (Fsp3) is 0.381. The van der Waals surface area contributed by atoms with Crippen LogP contribution < -0.4 is 14.8 Å². The molecule has 1 N–H and O–H groups in total. The van der Waals surface area contributed by atoms with Gasteiger partial charge in [0, 0.05) is 13.1 Å². The van der Waals surface area contributed by atoms with Crippen molar-refractivity contribution in [3.8, 4) is 11.5 Å². The van der Waals surface area contributed by atoms with Gasteiger partial charge in [0.2, 0.25) is 5.91 Å². The van der Waals surface area contributed by atoms with Crippen molar-refractivity contribution >= 4 is 5.91 Å². The number of amides is 1. The van der Waals surface area contributed by atoms with E-state index in [0.29, 0.717) is 13.2 Å². The van der Waals surface area contributed by atoms with Crippen molar-refractivity contribution in [1.82, 2.24) is 10.2 Å². The Kier molecular flexibility index (Phi) is 4.80. The number of nitrogens with one attached hydrogen (secondary N) is 1. The largest absolute Gasteiger partial charge is 0.486 e. The van der Waals surface area contributed by atoms with Crippen molar-refractivity contribution in [3.05, 3.63) is 59.7 Å². The Balaban J connectivity index is 1.30. The van der Waals surface area contributed by atoms with Crippen LogP contribution >= 0.6 is 0 Å². The number of para-hydroxylation sites is 2. The van der Waals surface area contributed by atoms with Gasteiger partial charge >= 0.3 is 0 Å². The van der Waals surface area contributed by atoms with Gasteiger partial charge in [-0.05, 0) is 36.6 Å². The smallest absolute Gasteiger partial charge is 0.237 e. The van der Waals surface area contributed by atoms with Gasteiger partial charge in [0.1, 0.15) is 12.7 Å². The topological polar surface area (TPSA) is 50.8 Å². The van der Waals surface area contributed by atoms with E-state index in [0.717, 1.165) is 31.0 Å². The lowest BCUT2D eigenvalue weighted by Gasteiger charge is -2.33. The molecule has 0 fully saturated rings. The number of hydrogen-bond donors (Lipinski definition) is 1. The maximum Gasteiger partial charge on any atom is 0.237 e. The highest BCUT2D eigenvalue weighted by molar-refractivity contribution is 5.81. The number of carbonyl (C=O) groups is 1. The Hall–Kier alpha value is -2.53. The maximum absolute atomic E-state index is 12.6. The minimum atomic E-state index is -0.167. The third kappa shape index (κ3) is 3.53. The summed E-state index contributed by atoms with van der Waals surface area (Å²) in [6.07, 6.45) is 0.826. The molecule has 4 rings (SSSR count). The molecule has 2 unspecified atom stereocenters. The molecule has 1 amide bonds. The van der Waals surface area contributed by atoms with E-state index in [-0.39, 0.29) is 18.1 Å². The molecule has 2 aliphatic heterocycles. The summed E-state index contributed by atoms with van der Waals surface area (Å²) in [7, 11) is 0. The SMILES string of the molecule is CC(C(=O)NCC1COc2ccccc2O1)N1CCc2ccccc2C1. The highest BCUT2D eigenvalue weighted by Crippen LogP contribution is 2.30. The highest BCUT2D eigenvalue weighted by atomic mass is 16.6. The number of hydrogen-bond acceptors (Lipinski definition) is 4. The quantitative estimate of drug-likeness (QED) is 0.918. The molecule has 5 heteroatoms. The number of ether oxygens (including phenoxy) is 2. The standard InChI is InChI=1S/C21H24N2O3/c1-15(23-11-10-16-6-2-3-7-17(16)13-23)21(24)22-12-18-14-25-19-8-4-5-9-20(19)26-18/h2-9,15,18H,10-14H2,1H3,(H,22,24). The van der Waals surface area contributed by atoms with E-state index in [9.17, 15) is 4.79 Å². The lowest BCUT2D eigenvalue weighted by molar-refractivity contribution is -0.126. The minimum absolute atomic E-state index is 0.0341. The van der Waals surface area contributed by atoms with Crippen molar-refractivity contribution in [1.29, 1.82) is 0 Å². The molecule has 2 aliphatic rings. The summed E-state index contributed by atoms with van der Waals surface area (Å²) in [5.41, 5.74) is 2.71. The first kappa shape index (κ1) is 16.9. The maximum atomic E-state index is 12.6. The molecule has 26 heavy (non-hydrogen) atoms. The van der Waals surface area contributed by atoms with Gasteiger partial charge in [-0.25, -0.2) is 0 Å². The van der Waals surface area contributed by atoms with Crippen LogP contribution in [-0.4, -0.2) is 42.6 Å². The fourth-order valence-corrected chi connectivity index (χ4v) is 3.54. The molecule has 2 aromatic carbocycles. The molecule has 136 valence electrons. The molecule has 0 saturated carbocycles. The number of fused-ring (bicyclic) bond motifs is 2. The molecule has 0 aliphatic carbocycles. The second-order valence-corrected chi connectivity index (χ2v) is 6.91. The van der Waals surface area contributed by atoms with Crippen LogP contribution in [0.2, 0.25) is 0 Å². The summed E-state index contributed by atoms with van der Waals surface area (Å²) < 4.78 is 11.6. The van der Waals surface area contributed by atoms with Crippen LogP contribution in [0.3, 0.4) is 0 Å². The van der Waals surface area contributed by atoms with Gasteiger partial charge in [0.05, 0.1) is 12.6 Å². The molecule has 0 aromatic heterocycles. The normalized spacial score (nSPS) is 20.1. The third-order valence-electron chi connectivity index (χ3n) is 5.16. The van der Waals surface area contributed by atoms with E-state index in [1.807, 2.05) is 31.2 Å². The van der Waals surface area contributed by atoms with E-state index < -0.39 is 0 Å². The minimum Gasteiger partial charge on any atom is -0.486 e. The third-order valence-corrected chi connectivity index (χ3v) is 5.16. The second kappa shape index (κ2) is 7.38. The van der Waals surface area contributed by atoms with Gasteiger partial charge < -0.3 is 14.8 Å². The van der Waals surface area contributed by atoms with Gasteiger partial charge in [-0.15, -0.1) is 0 Å². The van der Waals surface area contributed by atoms with Crippen LogP contribution in [0.5, 0.6) is 11.5 Å². The van der Waals surface area contributed by atoms with E-state index >= 15 is 0 Å². The first-order valence-corrected chi connectivity index (χ1v) is 9.18. The monoisotopic (exact) mass is 352 g/mol. The molecule has 0 spiro atoms. The summed E-state index contributed by atoms with van der Waals surface area (Å²) >= 11 is 0. The van der Waals surface area contributed by atoms with E-state index in [1.54, 1.807) is 0 Å². The molecular weight excluding hydrogens is 328 g/mol. The molecule has 2 heterocycles. The van der Waals surface area contributed by atoms with Crippen LogP contribution in [0.15, 0.2) is 48.5 Å². The number of carbonyl (C=O) groups excluding carboxylic acids is 1. The molecule has 5 nitrogen and oxygen atoms in total. The summed E-state index contributed by atoms with van der Waals surface area (Å²) in [5, 5.41) is 3.02. The first-order chi connectivity index (χ1) is 12.7. The van der Waals surface area contributed by atoms with Crippen LogP contribution in [0, 0.1) is 0 Å². The fourth-order valence-electron chi connectivity index (χ4n) is 3.54. The van der Waals surface area contributed by atoms with Crippen LogP contribution in [0.1, 0.15) is 18.1 Å².